The van der Waals surface area contributed by atoms with E-state index in [0.29, 0.717) is 12.3 Å². The number of nitrogens with one attached hydrogen (secondary N) is 1. The fourth-order valence-corrected chi connectivity index (χ4v) is 2.29. The minimum Gasteiger partial charge on any atom is -0.488 e. The van der Waals surface area contributed by atoms with E-state index in [0.717, 1.165) is 17.2 Å². The predicted octanol–water partition coefficient (Wildman–Crippen LogP) is 1.64. The zero-order chi connectivity index (χ0) is 20.0. The molecule has 1 aliphatic heterocycles. The molecule has 1 unspecified atom stereocenters. The number of hydrogen-bond acceptors (Lipinski definition) is 6. The van der Waals surface area contributed by atoms with Crippen molar-refractivity contribution in [3.05, 3.63) is 35.7 Å². The van der Waals surface area contributed by atoms with Crippen LogP contribution in [-0.4, -0.2) is 37.2 Å². The lowest BCUT2D eigenvalue weighted by atomic mass is 10.0. The highest BCUT2D eigenvalue weighted by molar-refractivity contribution is 5.86. The summed E-state index contributed by atoms with van der Waals surface area (Å²) in [4.78, 5) is 24.3. The molecule has 2 N–H and O–H groups in total. The van der Waals surface area contributed by atoms with E-state index in [1.54, 1.807) is 0 Å². The highest BCUT2D eigenvalue weighted by Crippen LogP contribution is 2.27. The van der Waals surface area contributed by atoms with Gasteiger partial charge in [0, 0.05) is 12.0 Å². The van der Waals surface area contributed by atoms with Crippen LogP contribution < -0.4 is 10.1 Å². The zero-order valence-electron chi connectivity index (χ0n) is 16.0. The number of para-hydroxylation sites is 1. The second-order valence-electron chi connectivity index (χ2n) is 6.91. The van der Waals surface area contributed by atoms with E-state index in [9.17, 15) is 14.7 Å². The number of nitrogens with zero attached hydrogens (tertiary/aromatic N) is 4. The van der Waals surface area contributed by atoms with Crippen LogP contribution in [0.15, 0.2) is 24.3 Å². The molecule has 1 amide bonds. The van der Waals surface area contributed by atoms with Crippen LogP contribution in [0.4, 0.5) is 0 Å². The van der Waals surface area contributed by atoms with Gasteiger partial charge in [-0.05, 0) is 30.5 Å². The van der Waals surface area contributed by atoms with Crippen LogP contribution in [-0.2, 0) is 28.8 Å². The summed E-state index contributed by atoms with van der Waals surface area (Å²) in [5.74, 6) is -0.186. The van der Waals surface area contributed by atoms with Crippen LogP contribution >= 0.6 is 0 Å². The number of amides is 1. The molecule has 9 nitrogen and oxygen atoms in total. The van der Waals surface area contributed by atoms with Gasteiger partial charge in [-0.2, -0.15) is 4.80 Å². The summed E-state index contributed by atoms with van der Waals surface area (Å²) in [6.45, 7) is 6.14. The Morgan fingerprint density at radius 1 is 1.37 bits per heavy atom. The lowest BCUT2D eigenvalue weighted by molar-refractivity contribution is -0.147. The summed E-state index contributed by atoms with van der Waals surface area (Å²) in [6.07, 6.45) is 0.955. The molecule has 0 bridgehead atoms. The van der Waals surface area contributed by atoms with Gasteiger partial charge in [0.1, 0.15) is 12.4 Å². The van der Waals surface area contributed by atoms with Crippen molar-refractivity contribution < 1.29 is 19.4 Å². The van der Waals surface area contributed by atoms with E-state index >= 15 is 0 Å². The summed E-state index contributed by atoms with van der Waals surface area (Å²) in [5, 5.41) is 22.9. The molecule has 1 aromatic carbocycles. The molecule has 2 heterocycles. The predicted molar refractivity (Wildman–Crippen MR) is 96.8 cm³/mol. The molecule has 27 heavy (non-hydrogen) atoms. The number of carboxylic acids is 1. The maximum Gasteiger partial charge on any atom is 0.337 e. The smallest absolute Gasteiger partial charge is 0.337 e. The van der Waals surface area contributed by atoms with Gasteiger partial charge >= 0.3 is 5.97 Å². The molecular weight excluding hydrogens is 350 g/mol. The van der Waals surface area contributed by atoms with Gasteiger partial charge in [-0.3, -0.25) is 4.79 Å². The topological polar surface area (TPSA) is 119 Å². The van der Waals surface area contributed by atoms with E-state index in [1.165, 1.54) is 19.5 Å². The van der Waals surface area contributed by atoms with Crippen molar-refractivity contribution in [1.82, 2.24) is 25.5 Å². The molecule has 2 aromatic rings. The number of rotatable bonds is 6. The first-order valence-corrected chi connectivity index (χ1v) is 8.72. The van der Waals surface area contributed by atoms with Crippen molar-refractivity contribution in [2.45, 2.75) is 45.8 Å². The number of ether oxygens (including phenoxy) is 1. The second-order valence-corrected chi connectivity index (χ2v) is 6.91. The summed E-state index contributed by atoms with van der Waals surface area (Å²) in [6, 6.07) is 8.08. The average Bonchev–Trinajstić information content (AvgIpc) is 3.01. The van der Waals surface area contributed by atoms with Crippen LogP contribution in [0.3, 0.4) is 0 Å². The van der Waals surface area contributed by atoms with Crippen LogP contribution in [0.5, 0.6) is 5.75 Å². The van der Waals surface area contributed by atoms with Crippen molar-refractivity contribution in [1.29, 1.82) is 0 Å². The standard InChI is InChI=1S/C11H19N5O3.C7H6O/c1-7(2)5-6-8(17)12-11(3,10(18)19)9-13-15-16(4)14-9;1-2-4-7-6(3-1)5-8-7/h7H,5-6H2,1-4H3,(H,12,17)(H,18,19);1-4H,5H2. The monoisotopic (exact) mass is 375 g/mol. The Hall–Kier alpha value is -2.97. The number of benzene rings is 1. The number of carbonyl (C=O) groups excluding carboxylic acids is 1. The molecule has 0 fully saturated rings. The highest BCUT2D eigenvalue weighted by Gasteiger charge is 2.41. The highest BCUT2D eigenvalue weighted by atomic mass is 16.5. The Morgan fingerprint density at radius 2 is 2.07 bits per heavy atom. The second kappa shape index (κ2) is 8.61. The normalized spacial score (nSPS) is 14.0. The third-order valence-corrected chi connectivity index (χ3v) is 4.08. The van der Waals surface area contributed by atoms with E-state index in [2.05, 4.69) is 26.8 Å². The van der Waals surface area contributed by atoms with Gasteiger partial charge in [-0.25, -0.2) is 4.79 Å². The fourth-order valence-electron chi connectivity index (χ4n) is 2.29. The van der Waals surface area contributed by atoms with Crippen LogP contribution in [0.2, 0.25) is 0 Å². The fraction of sp³-hybridized carbons (Fsp3) is 0.500. The van der Waals surface area contributed by atoms with Gasteiger partial charge in [0.15, 0.2) is 5.54 Å². The Bertz CT molecular complexity index is 782. The van der Waals surface area contributed by atoms with E-state index < -0.39 is 11.5 Å². The number of aliphatic carboxylic acids is 1. The number of tetrazole rings is 1. The maximum atomic E-state index is 11.8. The Balaban J connectivity index is 0.000000266. The molecule has 9 heteroatoms. The molecule has 0 radical (unpaired) electrons. The van der Waals surface area contributed by atoms with Crippen molar-refractivity contribution in [2.75, 3.05) is 0 Å². The number of carboxylic acid groups (broad SMARTS) is 1. The van der Waals surface area contributed by atoms with Crippen LogP contribution in [0, 0.1) is 5.92 Å². The van der Waals surface area contributed by atoms with Crippen LogP contribution in [0.25, 0.3) is 0 Å². The summed E-state index contributed by atoms with van der Waals surface area (Å²) in [5.41, 5.74) is -0.338. The Morgan fingerprint density at radius 3 is 2.48 bits per heavy atom. The summed E-state index contributed by atoms with van der Waals surface area (Å²) >= 11 is 0. The SMILES string of the molecule is CC(C)CCC(=O)NC(C)(C(=O)O)c1nnn(C)n1.c1ccc2c(c1)CO2. The van der Waals surface area contributed by atoms with Gasteiger partial charge in [0.05, 0.1) is 7.05 Å². The first-order valence-electron chi connectivity index (χ1n) is 8.72. The molecular formula is C18H25N5O4. The molecule has 146 valence electrons. The quantitative estimate of drug-likeness (QED) is 0.787. The van der Waals surface area contributed by atoms with E-state index in [4.69, 9.17) is 4.74 Å². The van der Waals surface area contributed by atoms with Gasteiger partial charge in [-0.15, -0.1) is 10.2 Å². The van der Waals surface area contributed by atoms with Crippen LogP contribution in [0.1, 0.15) is 45.0 Å². The van der Waals surface area contributed by atoms with Crippen molar-refractivity contribution in [2.24, 2.45) is 13.0 Å². The molecule has 0 aliphatic carbocycles. The third-order valence-electron chi connectivity index (χ3n) is 4.08. The third kappa shape index (κ3) is 5.25. The number of hydrogen-bond donors (Lipinski definition) is 2. The molecule has 0 spiro atoms. The van der Waals surface area contributed by atoms with Crippen molar-refractivity contribution in [3.8, 4) is 5.75 Å². The largest absolute Gasteiger partial charge is 0.488 e. The number of aryl methyl sites for hydroxylation is 1. The Labute approximate surface area is 157 Å². The molecule has 0 saturated carbocycles. The Kier molecular flexibility index (Phi) is 6.49. The van der Waals surface area contributed by atoms with Crippen molar-refractivity contribution in [3.63, 3.8) is 0 Å². The average molecular weight is 375 g/mol. The maximum absolute atomic E-state index is 11.8. The molecule has 0 saturated heterocycles. The number of aromatic nitrogens is 4. The first kappa shape index (κ1) is 20.3. The van der Waals surface area contributed by atoms with E-state index in [1.807, 2.05) is 32.0 Å². The molecule has 3 rings (SSSR count). The van der Waals surface area contributed by atoms with Crippen molar-refractivity contribution >= 4 is 11.9 Å². The van der Waals surface area contributed by atoms with Gasteiger partial charge in [0.25, 0.3) is 0 Å². The minimum absolute atomic E-state index is 0.0413. The lowest BCUT2D eigenvalue weighted by Gasteiger charge is -2.22. The summed E-state index contributed by atoms with van der Waals surface area (Å²) in [7, 11) is 1.53. The first-order chi connectivity index (χ1) is 12.7. The number of fused-ring (bicyclic) bond motifs is 1. The van der Waals surface area contributed by atoms with Gasteiger partial charge in [-0.1, -0.05) is 32.0 Å². The van der Waals surface area contributed by atoms with Gasteiger partial charge < -0.3 is 15.2 Å². The zero-order valence-corrected chi connectivity index (χ0v) is 16.0. The molecule has 1 aliphatic rings. The summed E-state index contributed by atoms with van der Waals surface area (Å²) < 4.78 is 5.08. The molecule has 1 aromatic heterocycles. The molecule has 1 atom stereocenters. The van der Waals surface area contributed by atoms with E-state index in [-0.39, 0.29) is 18.2 Å². The lowest BCUT2D eigenvalue weighted by Crippen LogP contribution is -2.50. The minimum atomic E-state index is -1.66. The van der Waals surface area contributed by atoms with Gasteiger partial charge in [0.2, 0.25) is 11.7 Å². The number of carbonyl (C=O) groups is 2.